The lowest BCUT2D eigenvalue weighted by atomic mass is 10.2. The zero-order valence-electron chi connectivity index (χ0n) is 6.88. The molecule has 0 aliphatic heterocycles. The van der Waals surface area contributed by atoms with Crippen molar-refractivity contribution in [2.24, 2.45) is 0 Å². The normalized spacial score (nSPS) is 10.8. The van der Waals surface area contributed by atoms with Crippen LogP contribution in [0.4, 0.5) is 0 Å². The third-order valence-electron chi connectivity index (χ3n) is 1.87. The Morgan fingerprint density at radius 3 is 2.71 bits per heavy atom. The first kappa shape index (κ1) is 10.4. The highest BCUT2D eigenvalue weighted by Gasteiger charge is 2.16. The van der Waals surface area contributed by atoms with Crippen LogP contribution in [-0.2, 0) is 0 Å². The van der Waals surface area contributed by atoms with Crippen LogP contribution in [0.3, 0.4) is 0 Å². The smallest absolute Gasteiger partial charge is 0.263 e. The Kier molecular flexibility index (Phi) is 2.81. The van der Waals surface area contributed by atoms with E-state index in [0.717, 1.165) is 15.4 Å². The molecule has 14 heavy (non-hydrogen) atoms. The molecule has 0 radical (unpaired) electrons. The Balaban J connectivity index is 2.87. The highest BCUT2D eigenvalue weighted by atomic mass is 35.5. The van der Waals surface area contributed by atoms with Crippen molar-refractivity contribution in [3.05, 3.63) is 28.1 Å². The summed E-state index contributed by atoms with van der Waals surface area (Å²) in [6.07, 6.45) is 0. The molecule has 0 saturated heterocycles. The largest absolute Gasteiger partial charge is 0.275 e. The number of carbonyl (C=O) groups excluding carboxylic acids is 1. The minimum atomic E-state index is -0.499. The summed E-state index contributed by atoms with van der Waals surface area (Å²) in [5.74, 6) is 0. The Morgan fingerprint density at radius 2 is 2.14 bits per heavy atom. The number of fused-ring (bicyclic) bond motifs is 1. The molecule has 0 amide bonds. The van der Waals surface area contributed by atoms with Gasteiger partial charge in [0.25, 0.3) is 5.24 Å². The van der Waals surface area contributed by atoms with Gasteiger partial charge in [0.2, 0.25) is 0 Å². The highest BCUT2D eigenvalue weighted by Crippen LogP contribution is 2.35. The standard InChI is InChI=1S/C9H5Cl2OPS/c10-7-6-4(13)2-1-3-5(6)14-8(7)9(11)12/h1-3H,13H2. The lowest BCUT2D eigenvalue weighted by molar-refractivity contribution is 0.108. The average molecular weight is 263 g/mol. The first-order valence-electron chi connectivity index (χ1n) is 3.77. The maximum absolute atomic E-state index is 11.0. The molecule has 0 N–H and O–H groups in total. The Bertz CT molecular complexity index is 521. The van der Waals surface area contributed by atoms with Gasteiger partial charge in [-0.05, 0) is 23.0 Å². The van der Waals surface area contributed by atoms with Gasteiger partial charge in [-0.25, -0.2) is 0 Å². The first-order chi connectivity index (χ1) is 6.61. The molecule has 0 saturated carbocycles. The van der Waals surface area contributed by atoms with Crippen LogP contribution in [0.15, 0.2) is 18.2 Å². The number of halogens is 2. The topological polar surface area (TPSA) is 17.1 Å². The van der Waals surface area contributed by atoms with Crippen molar-refractivity contribution < 1.29 is 4.79 Å². The predicted molar refractivity (Wildman–Crippen MR) is 66.4 cm³/mol. The molecule has 0 bridgehead atoms. The number of hydrogen-bond donors (Lipinski definition) is 0. The Morgan fingerprint density at radius 1 is 1.43 bits per heavy atom. The van der Waals surface area contributed by atoms with Crippen LogP contribution in [-0.4, -0.2) is 5.24 Å². The Hall–Kier alpha value is -0.140. The second-order valence-electron chi connectivity index (χ2n) is 2.74. The van der Waals surface area contributed by atoms with Gasteiger partial charge in [-0.2, -0.15) is 0 Å². The van der Waals surface area contributed by atoms with E-state index in [4.69, 9.17) is 23.2 Å². The van der Waals surface area contributed by atoms with E-state index in [2.05, 4.69) is 9.24 Å². The zero-order valence-corrected chi connectivity index (χ0v) is 10.4. The molecule has 5 heteroatoms. The predicted octanol–water partition coefficient (Wildman–Crippen LogP) is 3.43. The fraction of sp³-hybridized carbons (Fsp3) is 0. The van der Waals surface area contributed by atoms with Gasteiger partial charge in [0.15, 0.2) is 0 Å². The van der Waals surface area contributed by atoms with Crippen molar-refractivity contribution in [3.8, 4) is 0 Å². The quantitative estimate of drug-likeness (QED) is 0.569. The van der Waals surface area contributed by atoms with E-state index in [1.54, 1.807) is 0 Å². The summed E-state index contributed by atoms with van der Waals surface area (Å²) in [5.41, 5.74) is 0. The molecule has 0 spiro atoms. The van der Waals surface area contributed by atoms with E-state index in [9.17, 15) is 4.79 Å². The van der Waals surface area contributed by atoms with E-state index in [-0.39, 0.29) is 0 Å². The summed E-state index contributed by atoms with van der Waals surface area (Å²) in [4.78, 5) is 11.4. The van der Waals surface area contributed by atoms with Gasteiger partial charge in [-0.1, -0.05) is 23.7 Å². The van der Waals surface area contributed by atoms with E-state index in [0.29, 0.717) is 9.90 Å². The molecule has 2 rings (SSSR count). The molecule has 1 heterocycles. The fourth-order valence-electron chi connectivity index (χ4n) is 1.26. The SMILES string of the molecule is O=C(Cl)c1sc2cccc(P)c2c1Cl. The molecule has 0 fully saturated rings. The maximum Gasteiger partial charge on any atom is 0.263 e. The molecular formula is C9H5Cl2OPS. The van der Waals surface area contributed by atoms with Crippen molar-refractivity contribution in [1.82, 2.24) is 0 Å². The average Bonchev–Trinajstić information content (AvgIpc) is 2.45. The van der Waals surface area contributed by atoms with Crippen molar-refractivity contribution in [2.75, 3.05) is 0 Å². The highest BCUT2D eigenvalue weighted by molar-refractivity contribution is 7.30. The van der Waals surface area contributed by atoms with Gasteiger partial charge in [0, 0.05) is 10.1 Å². The van der Waals surface area contributed by atoms with Crippen LogP contribution in [0.2, 0.25) is 5.02 Å². The van der Waals surface area contributed by atoms with Crippen LogP contribution < -0.4 is 5.30 Å². The van der Waals surface area contributed by atoms with Gasteiger partial charge < -0.3 is 0 Å². The molecule has 1 aromatic carbocycles. The number of benzene rings is 1. The molecule has 2 aromatic rings. The summed E-state index contributed by atoms with van der Waals surface area (Å²) in [7, 11) is 2.59. The van der Waals surface area contributed by atoms with E-state index >= 15 is 0 Å². The minimum absolute atomic E-state index is 0.415. The van der Waals surface area contributed by atoms with Gasteiger partial charge in [0.05, 0.1) is 5.02 Å². The zero-order chi connectivity index (χ0) is 10.3. The van der Waals surface area contributed by atoms with Crippen LogP contribution in [0.1, 0.15) is 9.67 Å². The van der Waals surface area contributed by atoms with Crippen molar-refractivity contribution in [3.63, 3.8) is 0 Å². The van der Waals surface area contributed by atoms with Gasteiger partial charge in [0.1, 0.15) is 4.88 Å². The van der Waals surface area contributed by atoms with Gasteiger partial charge >= 0.3 is 0 Å². The summed E-state index contributed by atoms with van der Waals surface area (Å²) in [6.45, 7) is 0. The second-order valence-corrected chi connectivity index (χ2v) is 5.13. The van der Waals surface area contributed by atoms with Crippen LogP contribution >= 0.6 is 43.8 Å². The molecular weight excluding hydrogens is 258 g/mol. The first-order valence-corrected chi connectivity index (χ1v) is 5.92. The van der Waals surface area contributed by atoms with Crippen molar-refractivity contribution in [1.29, 1.82) is 0 Å². The minimum Gasteiger partial charge on any atom is -0.275 e. The number of carbonyl (C=O) groups is 1. The van der Waals surface area contributed by atoms with E-state index in [1.165, 1.54) is 11.3 Å². The summed E-state index contributed by atoms with van der Waals surface area (Å²) in [6, 6.07) is 5.76. The van der Waals surface area contributed by atoms with Crippen LogP contribution in [0.5, 0.6) is 0 Å². The molecule has 0 aliphatic rings. The summed E-state index contributed by atoms with van der Waals surface area (Å²) >= 11 is 12.8. The number of hydrogen-bond acceptors (Lipinski definition) is 2. The monoisotopic (exact) mass is 262 g/mol. The molecule has 1 atom stereocenters. The number of rotatable bonds is 1. The summed E-state index contributed by atoms with van der Waals surface area (Å²) < 4.78 is 0.978. The third-order valence-corrected chi connectivity index (χ3v) is 4.29. The molecule has 1 aromatic heterocycles. The van der Waals surface area contributed by atoms with Crippen LogP contribution in [0, 0.1) is 0 Å². The van der Waals surface area contributed by atoms with Crippen LogP contribution in [0.25, 0.3) is 10.1 Å². The molecule has 1 nitrogen and oxygen atoms in total. The summed E-state index contributed by atoms with van der Waals surface area (Å²) in [5, 5.41) is 1.83. The van der Waals surface area contributed by atoms with Gasteiger partial charge in [-0.15, -0.1) is 20.6 Å². The molecule has 1 unspecified atom stereocenters. The molecule has 72 valence electrons. The van der Waals surface area contributed by atoms with E-state index < -0.39 is 5.24 Å². The van der Waals surface area contributed by atoms with Gasteiger partial charge in [-0.3, -0.25) is 4.79 Å². The Labute approximate surface area is 97.2 Å². The molecule has 0 aliphatic carbocycles. The lowest BCUT2D eigenvalue weighted by Crippen LogP contribution is -1.90. The maximum atomic E-state index is 11.0. The number of thiophene rings is 1. The second kappa shape index (κ2) is 3.79. The van der Waals surface area contributed by atoms with E-state index in [1.807, 2.05) is 18.2 Å². The fourth-order valence-corrected chi connectivity index (χ4v) is 3.56. The lowest BCUT2D eigenvalue weighted by Gasteiger charge is -1.94. The third kappa shape index (κ3) is 1.57. The van der Waals surface area contributed by atoms with Crippen molar-refractivity contribution >= 4 is 64.4 Å². The van der Waals surface area contributed by atoms with Crippen molar-refractivity contribution in [2.45, 2.75) is 0 Å².